The number of anilines is 1. The van der Waals surface area contributed by atoms with Gasteiger partial charge in [0, 0.05) is 20.1 Å². The Labute approximate surface area is 107 Å². The summed E-state index contributed by atoms with van der Waals surface area (Å²) in [7, 11) is 1.89. The van der Waals surface area contributed by atoms with Crippen molar-refractivity contribution in [2.45, 2.75) is 6.04 Å². The number of fused-ring (bicyclic) bond motifs is 1. The standard InChI is InChI=1S/C11H12N4O2S/c1-14(7-4-12-5-7)8-2-3-9-10(13-6-18-9)11(8)15(16)17/h2-3,6-7,12H,4-5H2,1H3. The molecule has 2 aromatic rings. The fourth-order valence-corrected chi connectivity index (χ4v) is 2.79. The maximum Gasteiger partial charge on any atom is 0.319 e. The fraction of sp³-hybridized carbons (Fsp3) is 0.364. The molecule has 0 atom stereocenters. The van der Waals surface area contributed by atoms with Crippen molar-refractivity contribution in [1.29, 1.82) is 0 Å². The van der Waals surface area contributed by atoms with Crippen LogP contribution in [0.3, 0.4) is 0 Å². The molecular weight excluding hydrogens is 252 g/mol. The normalized spacial score (nSPS) is 15.6. The molecule has 1 fully saturated rings. The summed E-state index contributed by atoms with van der Waals surface area (Å²) in [6, 6.07) is 4.04. The highest BCUT2D eigenvalue weighted by atomic mass is 32.1. The van der Waals surface area contributed by atoms with Crippen molar-refractivity contribution in [1.82, 2.24) is 10.3 Å². The number of aromatic nitrogens is 1. The van der Waals surface area contributed by atoms with Crippen LogP contribution in [-0.2, 0) is 0 Å². The highest BCUT2D eigenvalue weighted by Gasteiger charge is 2.29. The van der Waals surface area contributed by atoms with E-state index in [1.165, 1.54) is 11.3 Å². The summed E-state index contributed by atoms with van der Waals surface area (Å²) in [6.07, 6.45) is 0. The average Bonchev–Trinajstić information content (AvgIpc) is 2.72. The molecule has 1 N–H and O–H groups in total. The van der Waals surface area contributed by atoms with Crippen molar-refractivity contribution in [2.24, 2.45) is 0 Å². The minimum absolute atomic E-state index is 0.114. The van der Waals surface area contributed by atoms with E-state index in [2.05, 4.69) is 10.3 Å². The summed E-state index contributed by atoms with van der Waals surface area (Å²) in [5, 5.41) is 14.5. The summed E-state index contributed by atoms with van der Waals surface area (Å²) in [4.78, 5) is 17.0. The van der Waals surface area contributed by atoms with Crippen LogP contribution < -0.4 is 10.2 Å². The van der Waals surface area contributed by atoms with E-state index in [-0.39, 0.29) is 10.6 Å². The van der Waals surface area contributed by atoms with Gasteiger partial charge in [0.2, 0.25) is 0 Å². The number of nitrogens with zero attached hydrogens (tertiary/aromatic N) is 3. The Balaban J connectivity index is 2.14. The van der Waals surface area contributed by atoms with E-state index in [1.54, 1.807) is 5.51 Å². The molecule has 1 saturated heterocycles. The molecule has 0 saturated carbocycles. The Kier molecular flexibility index (Phi) is 2.64. The smallest absolute Gasteiger partial charge is 0.319 e. The molecule has 1 aromatic heterocycles. The first-order valence-electron chi connectivity index (χ1n) is 5.62. The van der Waals surface area contributed by atoms with Crippen LogP contribution >= 0.6 is 11.3 Å². The molecule has 1 aliphatic rings. The van der Waals surface area contributed by atoms with Crippen LogP contribution in [0.15, 0.2) is 17.6 Å². The first kappa shape index (κ1) is 11.4. The van der Waals surface area contributed by atoms with Crippen LogP contribution in [0.1, 0.15) is 0 Å². The SMILES string of the molecule is CN(c1ccc2scnc2c1[N+](=O)[O-])C1CNC1. The lowest BCUT2D eigenvalue weighted by Gasteiger charge is -2.36. The minimum atomic E-state index is -0.333. The first-order chi connectivity index (χ1) is 8.68. The zero-order valence-electron chi connectivity index (χ0n) is 9.79. The molecule has 1 aromatic carbocycles. The third-order valence-corrected chi connectivity index (χ3v) is 4.12. The highest BCUT2D eigenvalue weighted by Crippen LogP contribution is 2.37. The predicted molar refractivity (Wildman–Crippen MR) is 71.3 cm³/mol. The zero-order chi connectivity index (χ0) is 12.7. The van der Waals surface area contributed by atoms with E-state index in [1.807, 2.05) is 24.1 Å². The lowest BCUT2D eigenvalue weighted by atomic mass is 10.1. The second kappa shape index (κ2) is 4.18. The zero-order valence-corrected chi connectivity index (χ0v) is 10.6. The fourth-order valence-electron chi connectivity index (χ4n) is 2.11. The quantitative estimate of drug-likeness (QED) is 0.673. The van der Waals surface area contributed by atoms with Gasteiger partial charge in [-0.15, -0.1) is 11.3 Å². The molecule has 0 spiro atoms. The minimum Gasteiger partial charge on any atom is -0.363 e. The molecule has 6 nitrogen and oxygen atoms in total. The number of nitrogens with one attached hydrogen (secondary N) is 1. The van der Waals surface area contributed by atoms with Crippen LogP contribution in [0, 0.1) is 10.1 Å². The van der Waals surface area contributed by atoms with Crippen molar-refractivity contribution in [3.05, 3.63) is 27.8 Å². The molecule has 1 aliphatic heterocycles. The van der Waals surface area contributed by atoms with Crippen LogP contribution in [-0.4, -0.2) is 36.1 Å². The number of nitro benzene ring substituents is 1. The second-order valence-electron chi connectivity index (χ2n) is 4.31. The molecule has 2 heterocycles. The van der Waals surface area contributed by atoms with Crippen LogP contribution in [0.2, 0.25) is 0 Å². The van der Waals surface area contributed by atoms with Gasteiger partial charge in [-0.1, -0.05) is 0 Å². The van der Waals surface area contributed by atoms with Gasteiger partial charge >= 0.3 is 5.69 Å². The molecule has 18 heavy (non-hydrogen) atoms. The van der Waals surface area contributed by atoms with Crippen LogP contribution in [0.5, 0.6) is 0 Å². The molecule has 7 heteroatoms. The van der Waals surface area contributed by atoms with E-state index >= 15 is 0 Å². The highest BCUT2D eigenvalue weighted by molar-refractivity contribution is 7.16. The summed E-state index contributed by atoms with van der Waals surface area (Å²) < 4.78 is 0.852. The maximum absolute atomic E-state index is 11.3. The van der Waals surface area contributed by atoms with E-state index in [0.29, 0.717) is 17.2 Å². The van der Waals surface area contributed by atoms with Gasteiger partial charge in [-0.2, -0.15) is 0 Å². The van der Waals surface area contributed by atoms with Crippen molar-refractivity contribution in [3.63, 3.8) is 0 Å². The second-order valence-corrected chi connectivity index (χ2v) is 5.20. The Hall–Kier alpha value is -1.73. The summed E-state index contributed by atoms with van der Waals surface area (Å²) in [5.41, 5.74) is 2.89. The van der Waals surface area contributed by atoms with E-state index in [9.17, 15) is 10.1 Å². The number of benzene rings is 1. The van der Waals surface area contributed by atoms with Gasteiger partial charge in [0.25, 0.3) is 0 Å². The lowest BCUT2D eigenvalue weighted by Crippen LogP contribution is -2.56. The molecular formula is C11H12N4O2S. The lowest BCUT2D eigenvalue weighted by molar-refractivity contribution is -0.382. The van der Waals surface area contributed by atoms with Gasteiger partial charge in [0.1, 0.15) is 5.69 Å². The predicted octanol–water partition coefficient (Wildman–Crippen LogP) is 1.61. The van der Waals surface area contributed by atoms with Crippen molar-refractivity contribution < 1.29 is 4.92 Å². The third-order valence-electron chi connectivity index (χ3n) is 3.32. The maximum atomic E-state index is 11.3. The molecule has 0 amide bonds. The number of thiazole rings is 1. The van der Waals surface area contributed by atoms with Gasteiger partial charge < -0.3 is 10.2 Å². The van der Waals surface area contributed by atoms with Gasteiger partial charge in [0.15, 0.2) is 5.52 Å². The van der Waals surface area contributed by atoms with Gasteiger partial charge in [-0.05, 0) is 12.1 Å². The first-order valence-corrected chi connectivity index (χ1v) is 6.50. The van der Waals surface area contributed by atoms with Crippen molar-refractivity contribution >= 4 is 32.9 Å². The van der Waals surface area contributed by atoms with Crippen LogP contribution in [0.4, 0.5) is 11.4 Å². The van der Waals surface area contributed by atoms with Gasteiger partial charge in [0.05, 0.1) is 21.2 Å². The number of hydrogen-bond donors (Lipinski definition) is 1. The van der Waals surface area contributed by atoms with Gasteiger partial charge in [-0.3, -0.25) is 10.1 Å². The monoisotopic (exact) mass is 264 g/mol. The summed E-state index contributed by atoms with van der Waals surface area (Å²) in [5.74, 6) is 0. The molecule has 0 unspecified atom stereocenters. The molecule has 0 aliphatic carbocycles. The van der Waals surface area contributed by atoms with Crippen molar-refractivity contribution in [3.8, 4) is 0 Å². The largest absolute Gasteiger partial charge is 0.363 e. The summed E-state index contributed by atoms with van der Waals surface area (Å²) in [6.45, 7) is 1.73. The number of hydrogen-bond acceptors (Lipinski definition) is 6. The van der Waals surface area contributed by atoms with E-state index in [0.717, 1.165) is 17.8 Å². The van der Waals surface area contributed by atoms with Crippen molar-refractivity contribution in [2.75, 3.05) is 25.0 Å². The number of nitro groups is 1. The molecule has 3 rings (SSSR count). The van der Waals surface area contributed by atoms with Crippen LogP contribution in [0.25, 0.3) is 10.2 Å². The Morgan fingerprint density at radius 3 is 2.94 bits per heavy atom. The molecule has 94 valence electrons. The third kappa shape index (κ3) is 1.63. The average molecular weight is 264 g/mol. The Morgan fingerprint density at radius 1 is 1.56 bits per heavy atom. The van der Waals surface area contributed by atoms with E-state index in [4.69, 9.17) is 0 Å². The molecule has 0 bridgehead atoms. The topological polar surface area (TPSA) is 71.3 Å². The number of rotatable bonds is 3. The van der Waals surface area contributed by atoms with Gasteiger partial charge in [-0.25, -0.2) is 4.98 Å². The summed E-state index contributed by atoms with van der Waals surface area (Å²) >= 11 is 1.42. The Morgan fingerprint density at radius 2 is 2.33 bits per heavy atom. The number of likely N-dealkylation sites (N-methyl/N-ethyl adjacent to an activating group) is 1. The Bertz CT molecular complexity index is 608. The van der Waals surface area contributed by atoms with E-state index < -0.39 is 0 Å². The molecule has 0 radical (unpaired) electrons.